The zero-order valence-corrected chi connectivity index (χ0v) is 18.2. The molecule has 1 saturated heterocycles. The summed E-state index contributed by atoms with van der Waals surface area (Å²) in [7, 11) is 1.66. The molecule has 31 heavy (non-hydrogen) atoms. The summed E-state index contributed by atoms with van der Waals surface area (Å²) in [6, 6.07) is 15.8. The lowest BCUT2D eigenvalue weighted by Crippen LogP contribution is -2.39. The van der Waals surface area contributed by atoms with Gasteiger partial charge in [0, 0.05) is 13.1 Å². The lowest BCUT2D eigenvalue weighted by atomic mass is 10.1. The second-order valence-corrected chi connectivity index (χ2v) is 7.94. The van der Waals surface area contributed by atoms with Crippen molar-refractivity contribution in [3.63, 3.8) is 0 Å². The normalized spacial score (nSPS) is 15.3. The fourth-order valence-corrected chi connectivity index (χ4v) is 4.48. The van der Waals surface area contributed by atoms with Gasteiger partial charge in [-0.25, -0.2) is 4.79 Å². The number of amides is 1. The quantitative estimate of drug-likeness (QED) is 0.606. The van der Waals surface area contributed by atoms with Crippen molar-refractivity contribution in [3.8, 4) is 5.75 Å². The number of carbonyl (C=O) groups is 1. The van der Waals surface area contributed by atoms with Crippen LogP contribution in [0.1, 0.15) is 31.4 Å². The average molecular weight is 423 g/mol. The predicted molar refractivity (Wildman–Crippen MR) is 121 cm³/mol. The van der Waals surface area contributed by atoms with E-state index in [1.165, 1.54) is 12.8 Å². The van der Waals surface area contributed by atoms with Gasteiger partial charge in [0.1, 0.15) is 12.3 Å². The van der Waals surface area contributed by atoms with Crippen molar-refractivity contribution in [1.29, 1.82) is 0 Å². The molecule has 1 amide bonds. The minimum absolute atomic E-state index is 0.0156. The smallest absolute Gasteiger partial charge is 0.329 e. The van der Waals surface area contributed by atoms with Gasteiger partial charge in [0.25, 0.3) is 0 Å². The number of nitrogens with zero attached hydrogens (tertiary/aromatic N) is 3. The number of benzene rings is 2. The van der Waals surface area contributed by atoms with Crippen molar-refractivity contribution in [1.82, 2.24) is 19.4 Å². The number of ether oxygens (including phenoxy) is 1. The summed E-state index contributed by atoms with van der Waals surface area (Å²) in [4.78, 5) is 28.1. The van der Waals surface area contributed by atoms with Gasteiger partial charge in [-0.2, -0.15) is 0 Å². The molecule has 4 rings (SSSR count). The Morgan fingerprint density at radius 2 is 1.68 bits per heavy atom. The molecule has 2 heterocycles. The molecule has 7 nitrogen and oxygen atoms in total. The van der Waals surface area contributed by atoms with Crippen LogP contribution in [0.2, 0.25) is 0 Å². The summed E-state index contributed by atoms with van der Waals surface area (Å²) in [5.41, 5.74) is 2.65. The van der Waals surface area contributed by atoms with Gasteiger partial charge in [-0.05, 0) is 62.7 Å². The molecule has 0 bridgehead atoms. The van der Waals surface area contributed by atoms with E-state index in [1.54, 1.807) is 16.2 Å². The maximum atomic E-state index is 12.8. The third kappa shape index (κ3) is 4.37. The van der Waals surface area contributed by atoms with Gasteiger partial charge in [-0.15, -0.1) is 0 Å². The van der Waals surface area contributed by atoms with E-state index in [2.05, 4.69) is 22.3 Å². The molecule has 3 aromatic rings. The molecule has 2 aromatic carbocycles. The van der Waals surface area contributed by atoms with Crippen LogP contribution in [0.25, 0.3) is 11.0 Å². The number of nitrogens with one attached hydrogen (secondary N) is 1. The maximum Gasteiger partial charge on any atom is 0.329 e. The van der Waals surface area contributed by atoms with E-state index in [4.69, 9.17) is 4.74 Å². The lowest BCUT2D eigenvalue weighted by molar-refractivity contribution is -0.121. The molecule has 0 saturated carbocycles. The van der Waals surface area contributed by atoms with E-state index in [9.17, 15) is 9.59 Å². The van der Waals surface area contributed by atoms with Crippen molar-refractivity contribution in [2.24, 2.45) is 0 Å². The molecule has 1 aliphatic rings. The van der Waals surface area contributed by atoms with E-state index < -0.39 is 0 Å². The molecule has 1 aliphatic heterocycles. The van der Waals surface area contributed by atoms with Crippen LogP contribution in [0.4, 0.5) is 0 Å². The molecule has 1 fully saturated rings. The monoisotopic (exact) mass is 422 g/mol. The molecular weight excluding hydrogens is 392 g/mol. The van der Waals surface area contributed by atoms with Crippen LogP contribution >= 0.6 is 0 Å². The van der Waals surface area contributed by atoms with Crippen molar-refractivity contribution in [3.05, 3.63) is 64.6 Å². The maximum absolute atomic E-state index is 12.8. The van der Waals surface area contributed by atoms with Crippen molar-refractivity contribution >= 4 is 16.9 Å². The number of hydrogen-bond donors (Lipinski definition) is 1. The highest BCUT2D eigenvalue weighted by molar-refractivity contribution is 5.81. The van der Waals surface area contributed by atoms with Crippen LogP contribution in [-0.2, 0) is 17.9 Å². The Hall–Kier alpha value is -3.06. The number of para-hydroxylation sites is 2. The van der Waals surface area contributed by atoms with Gasteiger partial charge < -0.3 is 10.1 Å². The number of likely N-dealkylation sites (tertiary alicyclic amines) is 1. The van der Waals surface area contributed by atoms with Gasteiger partial charge in [0.2, 0.25) is 5.91 Å². The molecule has 0 spiro atoms. The molecule has 0 unspecified atom stereocenters. The molecule has 1 aromatic heterocycles. The summed E-state index contributed by atoms with van der Waals surface area (Å²) in [6.07, 6.45) is 2.35. The summed E-state index contributed by atoms with van der Waals surface area (Å²) < 4.78 is 8.54. The first-order valence-corrected chi connectivity index (χ1v) is 10.9. The Labute approximate surface area is 182 Å². The number of rotatable bonds is 8. The molecule has 164 valence electrons. The second kappa shape index (κ2) is 9.39. The minimum atomic E-state index is -0.154. The fourth-order valence-electron chi connectivity index (χ4n) is 4.48. The first kappa shape index (κ1) is 21.2. The topological polar surface area (TPSA) is 68.5 Å². The van der Waals surface area contributed by atoms with Gasteiger partial charge in [-0.1, -0.05) is 24.3 Å². The van der Waals surface area contributed by atoms with Crippen LogP contribution in [0, 0.1) is 0 Å². The van der Waals surface area contributed by atoms with E-state index in [1.807, 2.05) is 43.3 Å². The molecular formula is C24H30N4O3. The minimum Gasteiger partial charge on any atom is -0.497 e. The number of aromatic nitrogens is 2. The van der Waals surface area contributed by atoms with Crippen molar-refractivity contribution in [2.75, 3.05) is 26.7 Å². The highest BCUT2D eigenvalue weighted by atomic mass is 16.5. The van der Waals surface area contributed by atoms with Gasteiger partial charge in [0.05, 0.1) is 24.2 Å². The Morgan fingerprint density at radius 1 is 1.03 bits per heavy atom. The Bertz CT molecular complexity index is 1090. The van der Waals surface area contributed by atoms with Crippen LogP contribution in [0.15, 0.2) is 53.3 Å². The Morgan fingerprint density at radius 3 is 2.29 bits per heavy atom. The second-order valence-electron chi connectivity index (χ2n) is 7.94. The van der Waals surface area contributed by atoms with E-state index in [-0.39, 0.29) is 24.2 Å². The first-order chi connectivity index (χ1) is 15.1. The zero-order valence-electron chi connectivity index (χ0n) is 18.2. The Balaban J connectivity index is 1.50. The number of imidazole rings is 1. The standard InChI is InChI=1S/C24H30N4O3/c1-3-27-20-8-4-5-9-21(20)28(24(27)30)17-23(29)25-16-22(26-14-6-7-15-26)18-10-12-19(31-2)13-11-18/h4-5,8-13,22H,3,6-7,14-17H2,1-2H3,(H,25,29)/t22-/m1/s1. The van der Waals surface area contributed by atoms with Crippen LogP contribution in [-0.4, -0.2) is 46.7 Å². The Kier molecular flexibility index (Phi) is 6.42. The van der Waals surface area contributed by atoms with E-state index in [0.717, 1.165) is 35.4 Å². The SMILES string of the molecule is CCn1c(=O)n(CC(=O)NC[C@H](c2ccc(OC)cc2)N2CCCC2)c2ccccc21. The number of carbonyl (C=O) groups excluding carboxylic acids is 1. The zero-order chi connectivity index (χ0) is 21.8. The summed E-state index contributed by atoms with van der Waals surface area (Å²) >= 11 is 0. The average Bonchev–Trinajstić information content (AvgIpc) is 3.41. The van der Waals surface area contributed by atoms with Crippen molar-refractivity contribution in [2.45, 2.75) is 38.9 Å². The molecule has 0 aliphatic carbocycles. The van der Waals surface area contributed by atoms with Crippen LogP contribution < -0.4 is 15.7 Å². The molecule has 7 heteroatoms. The number of hydrogen-bond acceptors (Lipinski definition) is 4. The molecule has 0 radical (unpaired) electrons. The van der Waals surface area contributed by atoms with E-state index in [0.29, 0.717) is 13.1 Å². The van der Waals surface area contributed by atoms with Gasteiger partial charge in [-0.3, -0.25) is 18.8 Å². The summed E-state index contributed by atoms with van der Waals surface area (Å²) in [6.45, 7) is 5.08. The lowest BCUT2D eigenvalue weighted by Gasteiger charge is -2.28. The van der Waals surface area contributed by atoms with Crippen LogP contribution in [0.3, 0.4) is 0 Å². The fraction of sp³-hybridized carbons (Fsp3) is 0.417. The van der Waals surface area contributed by atoms with Crippen molar-refractivity contribution < 1.29 is 9.53 Å². The predicted octanol–water partition coefficient (Wildman–Crippen LogP) is 2.78. The first-order valence-electron chi connectivity index (χ1n) is 10.9. The highest BCUT2D eigenvalue weighted by Gasteiger charge is 2.24. The largest absolute Gasteiger partial charge is 0.497 e. The summed E-state index contributed by atoms with van der Waals surface area (Å²) in [5, 5.41) is 3.07. The summed E-state index contributed by atoms with van der Waals surface area (Å²) in [5.74, 6) is 0.665. The highest BCUT2D eigenvalue weighted by Crippen LogP contribution is 2.26. The van der Waals surface area contributed by atoms with Gasteiger partial charge >= 0.3 is 5.69 Å². The molecule has 1 atom stereocenters. The van der Waals surface area contributed by atoms with Gasteiger partial charge in [0.15, 0.2) is 0 Å². The van der Waals surface area contributed by atoms with E-state index >= 15 is 0 Å². The van der Waals surface area contributed by atoms with Crippen LogP contribution in [0.5, 0.6) is 5.75 Å². The number of methoxy groups -OCH3 is 1. The number of fused-ring (bicyclic) bond motifs is 1. The third-order valence-electron chi connectivity index (χ3n) is 6.12. The molecule has 1 N–H and O–H groups in total. The third-order valence-corrected chi connectivity index (χ3v) is 6.12. The number of aryl methyl sites for hydroxylation is 1.